The van der Waals surface area contributed by atoms with Crippen LogP contribution in [0.15, 0.2) is 47.5 Å². The number of hydrogen-bond acceptors (Lipinski definition) is 2. The van der Waals surface area contributed by atoms with Crippen molar-refractivity contribution in [2.24, 2.45) is 0 Å². The van der Waals surface area contributed by atoms with Gasteiger partial charge >= 0.3 is 0 Å². The zero-order valence-electron chi connectivity index (χ0n) is 28.3. The molecule has 0 saturated carbocycles. The Morgan fingerprint density at radius 3 is 1.30 bits per heavy atom. The summed E-state index contributed by atoms with van der Waals surface area (Å²) in [5, 5.41) is 7.24. The van der Waals surface area contributed by atoms with Crippen LogP contribution in [0.3, 0.4) is 0 Å². The number of nitrogens with zero attached hydrogens (tertiary/aromatic N) is 2. The summed E-state index contributed by atoms with van der Waals surface area (Å²) in [6, 6.07) is 14.4. The summed E-state index contributed by atoms with van der Waals surface area (Å²) in [5.41, 5.74) is 24.0. The van der Waals surface area contributed by atoms with Crippen LogP contribution in [0.2, 0.25) is 0 Å². The Morgan fingerprint density at radius 1 is 0.558 bits per heavy atom. The molecule has 0 bridgehead atoms. The minimum absolute atomic E-state index is 0. The van der Waals surface area contributed by atoms with Gasteiger partial charge < -0.3 is 16.2 Å². The predicted molar refractivity (Wildman–Crippen MR) is 184 cm³/mol. The number of nitrogens with one attached hydrogen (secondary N) is 2. The number of rotatable bonds is 18. The fraction of sp³-hybridized carbons (Fsp3) is 0.579. The van der Waals surface area contributed by atoms with E-state index in [-0.39, 0.29) is 16.5 Å². The quantitative estimate of drug-likeness (QED) is 0.127. The number of unbranched alkanes of at least 4 members (excludes halogenated alkanes) is 4. The summed E-state index contributed by atoms with van der Waals surface area (Å²) in [6.07, 6.45) is 13.4. The molecular formula is C38H58N4Ni. The second kappa shape index (κ2) is 18.4. The second-order valence-electron chi connectivity index (χ2n) is 12.8. The van der Waals surface area contributed by atoms with Crippen LogP contribution in [0.25, 0.3) is 16.9 Å². The molecule has 0 atom stereocenters. The van der Waals surface area contributed by atoms with Crippen molar-refractivity contribution < 1.29 is 21.2 Å². The van der Waals surface area contributed by atoms with E-state index in [0.717, 1.165) is 79.7 Å². The van der Waals surface area contributed by atoms with Crippen LogP contribution >= 0.6 is 0 Å². The van der Waals surface area contributed by atoms with Gasteiger partial charge in [-0.1, -0.05) is 59.4 Å². The number of hydrogen-bond donors (Lipinski definition) is 2. The molecule has 1 aliphatic rings. The molecule has 0 amide bonds. The van der Waals surface area contributed by atoms with Gasteiger partial charge in [0.25, 0.3) is 0 Å². The fourth-order valence-electron chi connectivity index (χ4n) is 6.04. The molecule has 1 aliphatic heterocycles. The molecule has 3 rings (SSSR count). The first kappa shape index (κ1) is 36.8. The molecule has 43 heavy (non-hydrogen) atoms. The van der Waals surface area contributed by atoms with Crippen LogP contribution in [0.1, 0.15) is 142 Å². The van der Waals surface area contributed by atoms with Crippen LogP contribution in [-0.2, 0) is 29.3 Å². The van der Waals surface area contributed by atoms with E-state index in [1.54, 1.807) is 4.70 Å². The third-order valence-electron chi connectivity index (χ3n) is 8.00. The van der Waals surface area contributed by atoms with Gasteiger partial charge in [-0.25, -0.2) is 4.70 Å². The molecule has 2 aromatic carbocycles. The van der Waals surface area contributed by atoms with E-state index >= 15 is 0 Å². The zero-order chi connectivity index (χ0) is 30.6. The minimum atomic E-state index is 0. The Bertz CT molecular complexity index is 1200. The zero-order valence-corrected chi connectivity index (χ0v) is 29.3. The Kier molecular flexibility index (Phi) is 15.8. The Balaban J connectivity index is 0.00000645. The van der Waals surface area contributed by atoms with Crippen LogP contribution in [0.5, 0.6) is 0 Å². The molecular weight excluding hydrogens is 571 g/mol. The molecule has 0 fully saturated rings. The summed E-state index contributed by atoms with van der Waals surface area (Å²) in [5.74, 6) is 0. The summed E-state index contributed by atoms with van der Waals surface area (Å²) in [6.45, 7) is 17.7. The van der Waals surface area contributed by atoms with E-state index in [0.29, 0.717) is 12.1 Å². The van der Waals surface area contributed by atoms with Gasteiger partial charge in [-0.05, 0) is 121 Å². The largest absolute Gasteiger partial charge is 0.493 e. The maximum atomic E-state index is 12.3. The van der Waals surface area contributed by atoms with Crippen molar-refractivity contribution >= 4 is 22.8 Å². The summed E-state index contributed by atoms with van der Waals surface area (Å²) in [4.78, 5) is 0. The van der Waals surface area contributed by atoms with Crippen molar-refractivity contribution in [3.8, 4) is 0 Å². The van der Waals surface area contributed by atoms with Crippen LogP contribution in [0.4, 0.5) is 11.4 Å². The van der Waals surface area contributed by atoms with Gasteiger partial charge in [0.15, 0.2) is 0 Å². The minimum Gasteiger partial charge on any atom is -0.493 e. The molecule has 0 unspecified atom stereocenters. The van der Waals surface area contributed by atoms with Crippen LogP contribution in [-0.4, -0.2) is 16.8 Å². The second-order valence-corrected chi connectivity index (χ2v) is 12.8. The van der Waals surface area contributed by atoms with Crippen LogP contribution in [0, 0.1) is 0 Å². The van der Waals surface area contributed by atoms with Gasteiger partial charge in [0, 0.05) is 56.7 Å². The molecule has 0 aromatic heterocycles. The first-order valence-electron chi connectivity index (χ1n) is 17.0. The predicted octanol–water partition coefficient (Wildman–Crippen LogP) is 11.6. The van der Waals surface area contributed by atoms with Gasteiger partial charge in [-0.3, -0.25) is 0 Å². The van der Waals surface area contributed by atoms with Gasteiger partial charge in [0.2, 0.25) is 11.4 Å². The first-order valence-corrected chi connectivity index (χ1v) is 17.0. The van der Waals surface area contributed by atoms with Crippen molar-refractivity contribution in [2.75, 3.05) is 10.6 Å². The fourth-order valence-corrected chi connectivity index (χ4v) is 6.04. The number of benzene rings is 2. The van der Waals surface area contributed by atoms with E-state index in [1.165, 1.54) is 53.5 Å². The van der Waals surface area contributed by atoms with E-state index in [1.807, 2.05) is 0 Å². The normalized spacial score (nSPS) is 13.4. The molecule has 0 spiro atoms. The summed E-state index contributed by atoms with van der Waals surface area (Å²) < 4.78 is 1.56. The molecule has 1 heterocycles. The molecule has 240 valence electrons. The molecule has 5 heteroatoms. The molecule has 2 aromatic rings. The van der Waals surface area contributed by atoms with Crippen molar-refractivity contribution in [2.45, 2.75) is 145 Å². The molecule has 4 nitrogen and oxygen atoms in total. The third-order valence-corrected chi connectivity index (χ3v) is 8.00. The smallest absolute Gasteiger partial charge is 0.211 e. The van der Waals surface area contributed by atoms with Crippen molar-refractivity contribution in [3.05, 3.63) is 75.3 Å². The van der Waals surface area contributed by atoms with Gasteiger partial charge in [-0.15, -0.1) is 0 Å². The van der Waals surface area contributed by atoms with E-state index in [2.05, 4.69) is 102 Å². The Labute approximate surface area is 273 Å². The summed E-state index contributed by atoms with van der Waals surface area (Å²) in [7, 11) is 0. The molecule has 2 N–H and O–H groups in total. The Hall–Kier alpha value is -2.39. The Morgan fingerprint density at radius 2 is 0.930 bits per heavy atom. The van der Waals surface area contributed by atoms with Gasteiger partial charge in [0.05, 0.1) is 5.56 Å². The monoisotopic (exact) mass is 628 g/mol. The average molecular weight is 630 g/mol. The number of aryl methyl sites for hydroxylation is 2. The maximum Gasteiger partial charge on any atom is 0.211 e. The van der Waals surface area contributed by atoms with Crippen LogP contribution < -0.4 is 10.6 Å². The van der Waals surface area contributed by atoms with E-state index in [9.17, 15) is 5.53 Å². The average Bonchev–Trinajstić information content (AvgIpc) is 3.22. The van der Waals surface area contributed by atoms with Gasteiger partial charge in [0.1, 0.15) is 0 Å². The van der Waals surface area contributed by atoms with Crippen molar-refractivity contribution in [1.82, 2.24) is 0 Å². The summed E-state index contributed by atoms with van der Waals surface area (Å²) >= 11 is 0. The molecule has 0 saturated heterocycles. The van der Waals surface area contributed by atoms with E-state index in [4.69, 9.17) is 0 Å². The number of anilines is 2. The third kappa shape index (κ3) is 10.3. The molecule has 0 aliphatic carbocycles. The first-order chi connectivity index (χ1) is 20.2. The van der Waals surface area contributed by atoms with Crippen molar-refractivity contribution in [3.63, 3.8) is 0 Å². The topological polar surface area (TPSA) is 49.4 Å². The maximum absolute atomic E-state index is 12.3. The van der Waals surface area contributed by atoms with Crippen molar-refractivity contribution in [1.29, 1.82) is 0 Å². The van der Waals surface area contributed by atoms with E-state index < -0.39 is 0 Å². The molecule has 0 radical (unpaired) electrons. The number of allylic oxidation sites excluding steroid dienone is 2. The van der Waals surface area contributed by atoms with Gasteiger partial charge in [-0.2, -0.15) is 0 Å². The SMILES string of the molecule is CCCCC1=C(c2cc(CCCC)cc(CCCC)c2)[N+](=[N-])C(c2cc(NC(C)C)cc(NC(C)C)c2)=C1CCCC.[Ni]. The standard InChI is InChI=1S/C38H58N4.Ni/c1-9-13-17-29-21-30(18-14-10-2)23-31(22-29)37-35(19-15-11-3)36(20-16-12-4)38(42(37)39)32-24-33(40-27(5)6)26-34(25-32)41-28(7)8;/h21-28,40-41H,9-20H2,1-8H3;.